The van der Waals surface area contributed by atoms with Gasteiger partial charge in [0.25, 0.3) is 0 Å². The third kappa shape index (κ3) is 2.59. The number of ether oxygens (including phenoxy) is 1. The zero-order valence-electron chi connectivity index (χ0n) is 11.2. The SMILES string of the molecule is Cc1cnc(C2CCCN(C3CCOCC3)C2)[nH]1. The minimum atomic E-state index is 0.593. The van der Waals surface area contributed by atoms with E-state index < -0.39 is 0 Å². The molecule has 0 radical (unpaired) electrons. The van der Waals surface area contributed by atoms with Crippen molar-refractivity contribution in [3.63, 3.8) is 0 Å². The monoisotopic (exact) mass is 249 g/mol. The number of nitrogens with zero attached hydrogens (tertiary/aromatic N) is 2. The van der Waals surface area contributed by atoms with Crippen molar-refractivity contribution in [1.29, 1.82) is 0 Å². The summed E-state index contributed by atoms with van der Waals surface area (Å²) in [5, 5.41) is 0. The van der Waals surface area contributed by atoms with Gasteiger partial charge in [-0.3, -0.25) is 4.90 Å². The molecular weight excluding hydrogens is 226 g/mol. The van der Waals surface area contributed by atoms with Gasteiger partial charge in [-0.1, -0.05) is 0 Å². The molecule has 4 heteroatoms. The first kappa shape index (κ1) is 12.2. The maximum atomic E-state index is 5.46. The summed E-state index contributed by atoms with van der Waals surface area (Å²) in [7, 11) is 0. The predicted molar refractivity (Wildman–Crippen MR) is 70.7 cm³/mol. The number of hydrogen-bond acceptors (Lipinski definition) is 3. The molecule has 1 aromatic heterocycles. The van der Waals surface area contributed by atoms with E-state index in [1.54, 1.807) is 0 Å². The van der Waals surface area contributed by atoms with Crippen LogP contribution >= 0.6 is 0 Å². The second kappa shape index (κ2) is 5.41. The molecule has 0 saturated carbocycles. The van der Waals surface area contributed by atoms with Crippen LogP contribution < -0.4 is 0 Å². The van der Waals surface area contributed by atoms with E-state index in [2.05, 4.69) is 21.8 Å². The van der Waals surface area contributed by atoms with E-state index >= 15 is 0 Å². The van der Waals surface area contributed by atoms with Gasteiger partial charge < -0.3 is 9.72 Å². The summed E-state index contributed by atoms with van der Waals surface area (Å²) < 4.78 is 5.46. The van der Waals surface area contributed by atoms with Crippen LogP contribution in [0.2, 0.25) is 0 Å². The highest BCUT2D eigenvalue weighted by Gasteiger charge is 2.28. The Hall–Kier alpha value is -0.870. The summed E-state index contributed by atoms with van der Waals surface area (Å²) in [6.45, 7) is 6.37. The van der Waals surface area contributed by atoms with Crippen LogP contribution in [0, 0.1) is 6.92 Å². The molecule has 18 heavy (non-hydrogen) atoms. The molecule has 1 atom stereocenters. The van der Waals surface area contributed by atoms with E-state index in [4.69, 9.17) is 4.74 Å². The first-order valence-corrected chi connectivity index (χ1v) is 7.16. The zero-order valence-corrected chi connectivity index (χ0v) is 11.2. The van der Waals surface area contributed by atoms with Crippen LogP contribution in [0.25, 0.3) is 0 Å². The van der Waals surface area contributed by atoms with Gasteiger partial charge in [0.2, 0.25) is 0 Å². The summed E-state index contributed by atoms with van der Waals surface area (Å²) in [6.07, 6.45) is 6.91. The van der Waals surface area contributed by atoms with Crippen LogP contribution in [0.1, 0.15) is 43.1 Å². The topological polar surface area (TPSA) is 41.2 Å². The fourth-order valence-corrected chi connectivity index (χ4v) is 3.25. The number of hydrogen-bond donors (Lipinski definition) is 1. The standard InChI is InChI=1S/C14H23N3O/c1-11-9-15-14(16-11)12-3-2-6-17(10-12)13-4-7-18-8-5-13/h9,12-13H,2-8,10H2,1H3,(H,15,16). The number of nitrogens with one attached hydrogen (secondary N) is 1. The van der Waals surface area contributed by atoms with E-state index in [1.165, 1.54) is 43.7 Å². The average Bonchev–Trinajstić information content (AvgIpc) is 2.87. The predicted octanol–water partition coefficient (Wildman–Crippen LogP) is 2.08. The van der Waals surface area contributed by atoms with Crippen LogP contribution in [0.5, 0.6) is 0 Å². The Morgan fingerprint density at radius 2 is 2.17 bits per heavy atom. The largest absolute Gasteiger partial charge is 0.381 e. The fourth-order valence-electron chi connectivity index (χ4n) is 3.25. The molecule has 3 heterocycles. The van der Waals surface area contributed by atoms with Gasteiger partial charge in [0.1, 0.15) is 5.82 Å². The van der Waals surface area contributed by atoms with Crippen LogP contribution in [-0.2, 0) is 4.74 Å². The summed E-state index contributed by atoms with van der Waals surface area (Å²) in [5.41, 5.74) is 1.17. The Morgan fingerprint density at radius 1 is 1.33 bits per heavy atom. The van der Waals surface area contributed by atoms with Gasteiger partial charge in [-0.2, -0.15) is 0 Å². The van der Waals surface area contributed by atoms with Crippen LogP contribution in [0.4, 0.5) is 0 Å². The first-order valence-electron chi connectivity index (χ1n) is 7.16. The molecule has 2 aliphatic heterocycles. The molecule has 0 bridgehead atoms. The highest BCUT2D eigenvalue weighted by atomic mass is 16.5. The Bertz CT molecular complexity index is 384. The molecule has 0 aliphatic carbocycles. The van der Waals surface area contributed by atoms with Gasteiger partial charge in [-0.15, -0.1) is 0 Å². The Kier molecular flexibility index (Phi) is 3.66. The minimum absolute atomic E-state index is 0.593. The lowest BCUT2D eigenvalue weighted by molar-refractivity contribution is 0.0235. The number of aromatic amines is 1. The molecule has 0 spiro atoms. The smallest absolute Gasteiger partial charge is 0.110 e. The van der Waals surface area contributed by atoms with Crippen LogP contribution in [0.15, 0.2) is 6.20 Å². The van der Waals surface area contributed by atoms with Gasteiger partial charge in [-0.25, -0.2) is 4.98 Å². The molecule has 2 saturated heterocycles. The van der Waals surface area contributed by atoms with Gasteiger partial charge >= 0.3 is 0 Å². The summed E-state index contributed by atoms with van der Waals surface area (Å²) in [5.74, 6) is 1.78. The molecule has 2 fully saturated rings. The zero-order chi connectivity index (χ0) is 12.4. The van der Waals surface area contributed by atoms with Gasteiger partial charge in [0, 0.05) is 43.6 Å². The van der Waals surface area contributed by atoms with E-state index in [0.717, 1.165) is 25.8 Å². The average molecular weight is 249 g/mol. The van der Waals surface area contributed by atoms with E-state index in [9.17, 15) is 0 Å². The number of H-pyrrole nitrogens is 1. The summed E-state index contributed by atoms with van der Waals surface area (Å²) >= 11 is 0. The van der Waals surface area contributed by atoms with Crippen molar-refractivity contribution in [2.75, 3.05) is 26.3 Å². The number of rotatable bonds is 2. The molecule has 1 aromatic rings. The lowest BCUT2D eigenvalue weighted by Gasteiger charge is -2.39. The molecule has 0 amide bonds. The van der Waals surface area contributed by atoms with Crippen molar-refractivity contribution in [2.24, 2.45) is 0 Å². The Balaban J connectivity index is 1.64. The molecule has 1 unspecified atom stereocenters. The molecular formula is C14H23N3O. The van der Waals surface area contributed by atoms with Gasteiger partial charge in [-0.05, 0) is 39.2 Å². The van der Waals surface area contributed by atoms with Crippen molar-refractivity contribution in [3.05, 3.63) is 17.7 Å². The third-order valence-electron chi connectivity index (χ3n) is 4.27. The minimum Gasteiger partial charge on any atom is -0.381 e. The van der Waals surface area contributed by atoms with Crippen molar-refractivity contribution >= 4 is 0 Å². The van der Waals surface area contributed by atoms with Crippen LogP contribution in [-0.4, -0.2) is 47.2 Å². The number of aromatic nitrogens is 2. The maximum absolute atomic E-state index is 5.46. The second-order valence-electron chi connectivity index (χ2n) is 5.63. The Morgan fingerprint density at radius 3 is 2.89 bits per heavy atom. The molecule has 4 nitrogen and oxygen atoms in total. The van der Waals surface area contributed by atoms with Crippen molar-refractivity contribution in [1.82, 2.24) is 14.9 Å². The van der Waals surface area contributed by atoms with Gasteiger partial charge in [0.15, 0.2) is 0 Å². The highest BCUT2D eigenvalue weighted by molar-refractivity contribution is 5.06. The third-order valence-corrected chi connectivity index (χ3v) is 4.27. The number of imidazole rings is 1. The molecule has 1 N–H and O–H groups in total. The normalized spacial score (nSPS) is 27.5. The van der Waals surface area contributed by atoms with E-state index in [0.29, 0.717) is 5.92 Å². The number of likely N-dealkylation sites (tertiary alicyclic amines) is 1. The Labute approximate surface area is 109 Å². The van der Waals surface area contributed by atoms with Gasteiger partial charge in [0.05, 0.1) is 0 Å². The quantitative estimate of drug-likeness (QED) is 0.872. The maximum Gasteiger partial charge on any atom is 0.110 e. The number of aryl methyl sites for hydroxylation is 1. The van der Waals surface area contributed by atoms with Crippen molar-refractivity contribution in [3.8, 4) is 0 Å². The molecule has 0 aromatic carbocycles. The van der Waals surface area contributed by atoms with Crippen molar-refractivity contribution in [2.45, 2.75) is 44.6 Å². The second-order valence-corrected chi connectivity index (χ2v) is 5.63. The lowest BCUT2D eigenvalue weighted by atomic mass is 9.94. The van der Waals surface area contributed by atoms with E-state index in [1.807, 2.05) is 6.20 Å². The van der Waals surface area contributed by atoms with Crippen LogP contribution in [0.3, 0.4) is 0 Å². The first-order chi connectivity index (χ1) is 8.83. The lowest BCUT2D eigenvalue weighted by Crippen LogP contribution is -2.44. The fraction of sp³-hybridized carbons (Fsp3) is 0.786. The van der Waals surface area contributed by atoms with E-state index in [-0.39, 0.29) is 0 Å². The summed E-state index contributed by atoms with van der Waals surface area (Å²) in [6, 6.07) is 0.734. The molecule has 100 valence electrons. The van der Waals surface area contributed by atoms with Crippen molar-refractivity contribution < 1.29 is 4.74 Å². The highest BCUT2D eigenvalue weighted by Crippen LogP contribution is 2.28. The summed E-state index contributed by atoms with van der Waals surface area (Å²) in [4.78, 5) is 10.6. The number of piperidine rings is 1. The molecule has 3 rings (SSSR count). The molecule has 2 aliphatic rings.